The quantitative estimate of drug-likeness (QED) is 0.867. The number of rotatable bonds is 4. The Kier molecular flexibility index (Phi) is 3.69. The van der Waals surface area contributed by atoms with Gasteiger partial charge in [-0.05, 0) is 26.1 Å². The number of hydrogen-bond donors (Lipinski definition) is 1. The van der Waals surface area contributed by atoms with Gasteiger partial charge in [-0.15, -0.1) is 0 Å². The van der Waals surface area contributed by atoms with Gasteiger partial charge in [0.25, 0.3) is 0 Å². The highest BCUT2D eigenvalue weighted by atomic mass is 16.5. The number of likely N-dealkylation sites (N-methyl/N-ethyl adjacent to an activating group) is 1. The molecule has 1 aromatic rings. The molecule has 1 heterocycles. The summed E-state index contributed by atoms with van der Waals surface area (Å²) in [7, 11) is 3.64. The van der Waals surface area contributed by atoms with Gasteiger partial charge in [-0.1, -0.05) is 17.7 Å². The fourth-order valence-electron chi connectivity index (χ4n) is 2.17. The first-order valence-electron chi connectivity index (χ1n) is 5.91. The maximum atomic E-state index is 5.64. The zero-order valence-electron chi connectivity index (χ0n) is 10.6. The molecule has 0 aliphatic carbocycles. The van der Waals surface area contributed by atoms with Crippen molar-refractivity contribution in [2.75, 3.05) is 20.8 Å². The SMILES string of the molecule is CNC(C1=CCCO1)c1cc(C)ccc1OC. The van der Waals surface area contributed by atoms with Crippen LogP contribution >= 0.6 is 0 Å². The van der Waals surface area contributed by atoms with Crippen LogP contribution in [0, 0.1) is 6.92 Å². The van der Waals surface area contributed by atoms with Crippen molar-refractivity contribution in [3.05, 3.63) is 41.2 Å². The monoisotopic (exact) mass is 233 g/mol. The molecule has 0 saturated heterocycles. The van der Waals surface area contributed by atoms with Crippen LogP contribution in [0.3, 0.4) is 0 Å². The first kappa shape index (κ1) is 12.0. The largest absolute Gasteiger partial charge is 0.496 e. The highest BCUT2D eigenvalue weighted by Gasteiger charge is 2.22. The molecular weight excluding hydrogens is 214 g/mol. The summed E-state index contributed by atoms with van der Waals surface area (Å²) in [6.07, 6.45) is 3.13. The molecular formula is C14H19NO2. The van der Waals surface area contributed by atoms with Gasteiger partial charge in [0, 0.05) is 12.0 Å². The number of aryl methyl sites for hydroxylation is 1. The predicted octanol–water partition coefficient (Wildman–Crippen LogP) is 2.57. The summed E-state index contributed by atoms with van der Waals surface area (Å²) in [4.78, 5) is 0. The molecule has 3 nitrogen and oxygen atoms in total. The van der Waals surface area contributed by atoms with E-state index in [4.69, 9.17) is 9.47 Å². The van der Waals surface area contributed by atoms with E-state index in [9.17, 15) is 0 Å². The standard InChI is InChI=1S/C14H19NO2/c1-10-6-7-12(16-3)11(9-10)14(15-2)13-5-4-8-17-13/h5-7,9,14-15H,4,8H2,1-3H3. The summed E-state index contributed by atoms with van der Waals surface area (Å²) in [5.41, 5.74) is 2.35. The number of hydrogen-bond acceptors (Lipinski definition) is 3. The van der Waals surface area contributed by atoms with E-state index in [2.05, 4.69) is 30.4 Å². The van der Waals surface area contributed by atoms with Crippen LogP contribution in [0.4, 0.5) is 0 Å². The van der Waals surface area contributed by atoms with Crippen LogP contribution in [0.5, 0.6) is 5.75 Å². The molecule has 1 atom stereocenters. The molecule has 1 aliphatic heterocycles. The summed E-state index contributed by atoms with van der Waals surface area (Å²) < 4.78 is 11.1. The maximum Gasteiger partial charge on any atom is 0.124 e. The van der Waals surface area contributed by atoms with Crippen molar-refractivity contribution >= 4 is 0 Å². The van der Waals surface area contributed by atoms with Gasteiger partial charge in [-0.3, -0.25) is 0 Å². The molecule has 0 spiro atoms. The minimum Gasteiger partial charge on any atom is -0.496 e. The third kappa shape index (κ3) is 2.44. The lowest BCUT2D eigenvalue weighted by Gasteiger charge is -2.20. The third-order valence-electron chi connectivity index (χ3n) is 3.00. The lowest BCUT2D eigenvalue weighted by Crippen LogP contribution is -2.20. The third-order valence-corrected chi connectivity index (χ3v) is 3.00. The second-order valence-electron chi connectivity index (χ2n) is 4.21. The molecule has 1 unspecified atom stereocenters. The zero-order valence-corrected chi connectivity index (χ0v) is 10.6. The average molecular weight is 233 g/mol. The second kappa shape index (κ2) is 5.23. The van der Waals surface area contributed by atoms with Gasteiger partial charge >= 0.3 is 0 Å². The molecule has 0 bridgehead atoms. The second-order valence-corrected chi connectivity index (χ2v) is 4.21. The Bertz CT molecular complexity index is 426. The van der Waals surface area contributed by atoms with Gasteiger partial charge in [-0.2, -0.15) is 0 Å². The summed E-state index contributed by atoms with van der Waals surface area (Å²) in [5, 5.41) is 3.29. The molecule has 0 amide bonds. The van der Waals surface area contributed by atoms with E-state index in [1.807, 2.05) is 13.1 Å². The van der Waals surface area contributed by atoms with E-state index in [0.717, 1.165) is 30.1 Å². The molecule has 0 fully saturated rings. The number of nitrogens with one attached hydrogen (secondary N) is 1. The van der Waals surface area contributed by atoms with Crippen molar-refractivity contribution in [1.82, 2.24) is 5.32 Å². The Balaban J connectivity index is 2.38. The number of methoxy groups -OCH3 is 1. The van der Waals surface area contributed by atoms with Crippen LogP contribution in [0.25, 0.3) is 0 Å². The van der Waals surface area contributed by atoms with Gasteiger partial charge < -0.3 is 14.8 Å². The smallest absolute Gasteiger partial charge is 0.124 e. The Labute approximate surface area is 102 Å². The van der Waals surface area contributed by atoms with Crippen LogP contribution in [0.15, 0.2) is 30.0 Å². The van der Waals surface area contributed by atoms with Crippen molar-refractivity contribution in [1.29, 1.82) is 0 Å². The fourth-order valence-corrected chi connectivity index (χ4v) is 2.17. The summed E-state index contributed by atoms with van der Waals surface area (Å²) in [6.45, 7) is 2.86. The van der Waals surface area contributed by atoms with Crippen molar-refractivity contribution in [2.24, 2.45) is 0 Å². The Hall–Kier alpha value is -1.48. The normalized spacial score (nSPS) is 16.3. The maximum absolute atomic E-state index is 5.64. The molecule has 2 rings (SSSR count). The molecule has 1 aromatic carbocycles. The van der Waals surface area contributed by atoms with Crippen LogP contribution in [-0.4, -0.2) is 20.8 Å². The lowest BCUT2D eigenvalue weighted by atomic mass is 10.0. The Morgan fingerprint density at radius 3 is 2.82 bits per heavy atom. The van der Waals surface area contributed by atoms with Gasteiger partial charge in [0.1, 0.15) is 11.5 Å². The molecule has 1 N–H and O–H groups in total. The summed E-state index contributed by atoms with van der Waals surface area (Å²) >= 11 is 0. The van der Waals surface area contributed by atoms with Gasteiger partial charge in [0.05, 0.1) is 19.8 Å². The van der Waals surface area contributed by atoms with E-state index < -0.39 is 0 Å². The molecule has 17 heavy (non-hydrogen) atoms. The predicted molar refractivity (Wildman–Crippen MR) is 68.2 cm³/mol. The lowest BCUT2D eigenvalue weighted by molar-refractivity contribution is 0.216. The van der Waals surface area contributed by atoms with E-state index >= 15 is 0 Å². The number of benzene rings is 1. The van der Waals surface area contributed by atoms with Crippen molar-refractivity contribution < 1.29 is 9.47 Å². The highest BCUT2D eigenvalue weighted by molar-refractivity contribution is 5.42. The summed E-state index contributed by atoms with van der Waals surface area (Å²) in [5.74, 6) is 1.89. The van der Waals surface area contributed by atoms with E-state index in [1.165, 1.54) is 5.56 Å². The van der Waals surface area contributed by atoms with Crippen molar-refractivity contribution in [2.45, 2.75) is 19.4 Å². The molecule has 92 valence electrons. The Morgan fingerprint density at radius 1 is 1.41 bits per heavy atom. The van der Waals surface area contributed by atoms with Crippen molar-refractivity contribution in [3.8, 4) is 5.75 Å². The minimum absolute atomic E-state index is 0.0762. The topological polar surface area (TPSA) is 30.5 Å². The summed E-state index contributed by atoms with van der Waals surface area (Å²) in [6, 6.07) is 6.28. The molecule has 0 radical (unpaired) electrons. The first-order chi connectivity index (χ1) is 8.26. The van der Waals surface area contributed by atoms with E-state index in [0.29, 0.717) is 0 Å². The zero-order chi connectivity index (χ0) is 12.3. The first-order valence-corrected chi connectivity index (χ1v) is 5.91. The van der Waals surface area contributed by atoms with E-state index in [1.54, 1.807) is 7.11 Å². The Morgan fingerprint density at radius 2 is 2.24 bits per heavy atom. The van der Waals surface area contributed by atoms with Crippen LogP contribution in [0.2, 0.25) is 0 Å². The fraction of sp³-hybridized carbons (Fsp3) is 0.429. The van der Waals surface area contributed by atoms with Crippen LogP contribution in [-0.2, 0) is 4.74 Å². The number of ether oxygens (including phenoxy) is 2. The molecule has 3 heteroatoms. The van der Waals surface area contributed by atoms with Crippen molar-refractivity contribution in [3.63, 3.8) is 0 Å². The van der Waals surface area contributed by atoms with E-state index in [-0.39, 0.29) is 6.04 Å². The van der Waals surface area contributed by atoms with Crippen LogP contribution < -0.4 is 10.1 Å². The molecule has 0 aromatic heterocycles. The highest BCUT2D eigenvalue weighted by Crippen LogP contribution is 2.32. The average Bonchev–Trinajstić information content (AvgIpc) is 2.84. The van der Waals surface area contributed by atoms with Crippen LogP contribution in [0.1, 0.15) is 23.6 Å². The molecule has 1 aliphatic rings. The molecule has 0 saturated carbocycles. The van der Waals surface area contributed by atoms with Gasteiger partial charge in [0.2, 0.25) is 0 Å². The van der Waals surface area contributed by atoms with Gasteiger partial charge in [0.15, 0.2) is 0 Å². The van der Waals surface area contributed by atoms with Gasteiger partial charge in [-0.25, -0.2) is 0 Å². The minimum atomic E-state index is 0.0762.